The van der Waals surface area contributed by atoms with E-state index in [1.807, 2.05) is 56.1 Å². The number of hydrogen-bond donors (Lipinski definition) is 2. The lowest BCUT2D eigenvalue weighted by molar-refractivity contribution is -0.129. The normalized spacial score (nSPS) is 16.1. The molecule has 5 rings (SSSR count). The van der Waals surface area contributed by atoms with Gasteiger partial charge in [0.1, 0.15) is 0 Å². The van der Waals surface area contributed by atoms with E-state index in [-0.39, 0.29) is 28.6 Å². The van der Waals surface area contributed by atoms with Gasteiger partial charge < -0.3 is 24.3 Å². The number of guanidine groups is 1. The Morgan fingerprint density at radius 3 is 2.61 bits per heavy atom. The smallest absolute Gasteiger partial charge is 0.278 e. The van der Waals surface area contributed by atoms with E-state index in [9.17, 15) is 9.59 Å². The van der Waals surface area contributed by atoms with Crippen molar-refractivity contribution in [1.29, 1.82) is 0 Å². The predicted octanol–water partition coefficient (Wildman–Crippen LogP) is 5.53. The van der Waals surface area contributed by atoms with E-state index >= 15 is 0 Å². The summed E-state index contributed by atoms with van der Waals surface area (Å²) in [4.78, 5) is 41.8. The number of nitrogens with one attached hydrogen (secondary N) is 2. The van der Waals surface area contributed by atoms with Crippen LogP contribution in [0.15, 0.2) is 35.5 Å². The molecule has 250 valence electrons. The molecular formula is C34H48ClN7O4. The Labute approximate surface area is 277 Å². The fourth-order valence-corrected chi connectivity index (χ4v) is 6.02. The summed E-state index contributed by atoms with van der Waals surface area (Å²) in [5.41, 5.74) is 2.78. The molecule has 0 radical (unpaired) electrons. The number of hydrogen-bond acceptors (Lipinski definition) is 8. The zero-order valence-corrected chi connectivity index (χ0v) is 28.7. The van der Waals surface area contributed by atoms with Crippen LogP contribution in [0.1, 0.15) is 92.0 Å². The second kappa shape index (κ2) is 16.3. The number of unbranched alkanes of at least 4 members (excludes halogenated alkanes) is 1. The molecular weight excluding hydrogens is 606 g/mol. The molecule has 2 aliphatic heterocycles. The predicted molar refractivity (Wildman–Crippen MR) is 181 cm³/mol. The molecule has 1 unspecified atom stereocenters. The number of aryl methyl sites for hydroxylation is 2. The van der Waals surface area contributed by atoms with Crippen LogP contribution < -0.4 is 10.6 Å². The van der Waals surface area contributed by atoms with Crippen molar-refractivity contribution in [2.45, 2.75) is 91.5 Å². The molecule has 1 spiro atoms. The first-order chi connectivity index (χ1) is 22.3. The number of carbonyl (C=O) groups excluding carboxylic acids is 2. The second-order valence-corrected chi connectivity index (χ2v) is 11.8. The number of ether oxygens (including phenoxy) is 2. The summed E-state index contributed by atoms with van der Waals surface area (Å²) in [5.74, 6) is 0.0363. The molecule has 1 aromatic carbocycles. The Balaban J connectivity index is 0.00000235. The Morgan fingerprint density at radius 1 is 1.15 bits per heavy atom. The molecule has 2 amide bonds. The molecule has 2 aliphatic rings. The van der Waals surface area contributed by atoms with Gasteiger partial charge in [0.2, 0.25) is 0 Å². The number of aliphatic imine (C=N–C) groups is 1. The molecule has 3 aromatic rings. The largest absolute Gasteiger partial charge is 0.356 e. The van der Waals surface area contributed by atoms with Crippen molar-refractivity contribution in [3.8, 4) is 0 Å². The van der Waals surface area contributed by atoms with Crippen molar-refractivity contribution in [3.05, 3.63) is 58.3 Å². The third-order valence-corrected chi connectivity index (χ3v) is 8.89. The first-order valence-electron chi connectivity index (χ1n) is 16.5. The highest BCUT2D eigenvalue weighted by Crippen LogP contribution is 2.29. The summed E-state index contributed by atoms with van der Waals surface area (Å²) in [6.45, 7) is 12.7. The molecule has 2 N–H and O–H groups in total. The van der Waals surface area contributed by atoms with Gasteiger partial charge in [-0.25, -0.2) is 4.98 Å². The number of piperidine rings is 1. The van der Waals surface area contributed by atoms with E-state index in [1.54, 1.807) is 14.0 Å². The lowest BCUT2D eigenvalue weighted by Crippen LogP contribution is -2.57. The SMILES string of the molecule is CC.CCCCC(OC)OCCn1ccc2c(C(=O)N3CCC4(CC3)CN=C(NC(=O)c3nc(Cl)c(C)nc3CC)N4)cccc21. The highest BCUT2D eigenvalue weighted by molar-refractivity contribution is 6.30. The topological polar surface area (TPSA) is 123 Å². The van der Waals surface area contributed by atoms with E-state index in [2.05, 4.69) is 37.1 Å². The van der Waals surface area contributed by atoms with Crippen molar-refractivity contribution in [2.24, 2.45) is 4.99 Å². The lowest BCUT2D eigenvalue weighted by Gasteiger charge is -2.39. The highest BCUT2D eigenvalue weighted by Gasteiger charge is 2.40. The zero-order valence-electron chi connectivity index (χ0n) is 28.0. The van der Waals surface area contributed by atoms with Gasteiger partial charge in [0.05, 0.1) is 30.1 Å². The number of fused-ring (bicyclic) bond motifs is 1. The van der Waals surface area contributed by atoms with Gasteiger partial charge >= 0.3 is 0 Å². The van der Waals surface area contributed by atoms with E-state index < -0.39 is 5.91 Å². The van der Waals surface area contributed by atoms with Crippen molar-refractivity contribution >= 4 is 40.3 Å². The number of aromatic nitrogens is 3. The van der Waals surface area contributed by atoms with Gasteiger partial charge in [-0.2, -0.15) is 0 Å². The fraction of sp³-hybridized carbons (Fsp3) is 0.559. The molecule has 11 nitrogen and oxygen atoms in total. The molecule has 4 heterocycles. The monoisotopic (exact) mass is 653 g/mol. The third kappa shape index (κ3) is 8.05. The van der Waals surface area contributed by atoms with E-state index in [0.29, 0.717) is 75.0 Å². The van der Waals surface area contributed by atoms with Crippen LogP contribution in [0.2, 0.25) is 5.15 Å². The molecule has 1 atom stereocenters. The number of benzene rings is 1. The standard InChI is InChI=1S/C32H42ClN7O4.C2H6/c1-5-7-11-26(43-4)44-19-18-39-15-12-22-23(9-8-10-25(22)39)30(42)40-16-13-32(14-17-40)20-34-31(38-32)37-29(41)27-24(6-2)35-21(3)28(33)36-27;1-2/h8-10,12,15,26H,5-7,11,13-14,16-20H2,1-4H3,(H2,34,37,38,41);1-2H3. The minimum absolute atomic E-state index is 0.0211. The minimum atomic E-state index is -0.395. The van der Waals surface area contributed by atoms with Gasteiger partial charge in [-0.1, -0.05) is 51.8 Å². The van der Waals surface area contributed by atoms with Gasteiger partial charge in [0.25, 0.3) is 11.8 Å². The molecule has 0 aliphatic carbocycles. The summed E-state index contributed by atoms with van der Waals surface area (Å²) >= 11 is 6.14. The summed E-state index contributed by atoms with van der Waals surface area (Å²) < 4.78 is 13.5. The van der Waals surface area contributed by atoms with Crippen molar-refractivity contribution < 1.29 is 19.1 Å². The van der Waals surface area contributed by atoms with Gasteiger partial charge in [-0.3, -0.25) is 24.9 Å². The quantitative estimate of drug-likeness (QED) is 0.261. The molecule has 0 bridgehead atoms. The molecule has 46 heavy (non-hydrogen) atoms. The first kappa shape index (κ1) is 35.3. The number of nitrogens with zero attached hydrogens (tertiary/aromatic N) is 5. The van der Waals surface area contributed by atoms with E-state index in [4.69, 9.17) is 21.1 Å². The first-order valence-corrected chi connectivity index (χ1v) is 16.8. The Kier molecular flexibility index (Phi) is 12.5. The number of halogens is 1. The van der Waals surface area contributed by atoms with Gasteiger partial charge in [0.15, 0.2) is 23.1 Å². The average molecular weight is 654 g/mol. The van der Waals surface area contributed by atoms with Crippen LogP contribution >= 0.6 is 11.6 Å². The Hall–Kier alpha value is -3.54. The Bertz CT molecular complexity index is 1530. The molecule has 2 aromatic heterocycles. The minimum Gasteiger partial charge on any atom is -0.356 e. The summed E-state index contributed by atoms with van der Waals surface area (Å²) in [5, 5.41) is 7.41. The summed E-state index contributed by atoms with van der Waals surface area (Å²) in [6.07, 6.45) is 6.85. The molecule has 12 heteroatoms. The van der Waals surface area contributed by atoms with E-state index in [1.165, 1.54) is 0 Å². The number of carbonyl (C=O) groups is 2. The van der Waals surface area contributed by atoms with Crippen LogP contribution in [0.5, 0.6) is 0 Å². The van der Waals surface area contributed by atoms with Crippen LogP contribution in [0, 0.1) is 6.92 Å². The van der Waals surface area contributed by atoms with Crippen LogP contribution in [-0.4, -0.2) is 82.4 Å². The summed E-state index contributed by atoms with van der Waals surface area (Å²) in [7, 11) is 1.68. The highest BCUT2D eigenvalue weighted by atomic mass is 35.5. The van der Waals surface area contributed by atoms with Gasteiger partial charge in [-0.15, -0.1) is 0 Å². The Morgan fingerprint density at radius 2 is 1.91 bits per heavy atom. The van der Waals surface area contributed by atoms with Crippen molar-refractivity contribution in [2.75, 3.05) is 33.4 Å². The maximum absolute atomic E-state index is 13.7. The van der Waals surface area contributed by atoms with Gasteiger partial charge in [-0.05, 0) is 57.2 Å². The van der Waals surface area contributed by atoms with Crippen molar-refractivity contribution in [1.82, 2.24) is 30.1 Å². The molecule has 1 fully saturated rings. The average Bonchev–Trinajstić information content (AvgIpc) is 3.68. The number of methoxy groups -OCH3 is 1. The number of rotatable bonds is 11. The lowest BCUT2D eigenvalue weighted by atomic mass is 9.88. The zero-order chi connectivity index (χ0) is 33.3. The number of amides is 2. The number of likely N-dealkylation sites (tertiary alicyclic amines) is 1. The van der Waals surface area contributed by atoms with E-state index in [0.717, 1.165) is 30.2 Å². The van der Waals surface area contributed by atoms with Crippen LogP contribution in [0.25, 0.3) is 10.9 Å². The van der Waals surface area contributed by atoms with Crippen molar-refractivity contribution in [3.63, 3.8) is 0 Å². The molecule has 0 saturated carbocycles. The van der Waals surface area contributed by atoms with Crippen LogP contribution in [0.3, 0.4) is 0 Å². The van der Waals surface area contributed by atoms with Gasteiger partial charge in [0, 0.05) is 49.4 Å². The molecule has 1 saturated heterocycles. The third-order valence-electron chi connectivity index (χ3n) is 8.53. The maximum atomic E-state index is 13.7. The van der Waals surface area contributed by atoms with Crippen LogP contribution in [0.4, 0.5) is 0 Å². The second-order valence-electron chi connectivity index (χ2n) is 11.5. The van der Waals surface area contributed by atoms with Crippen LogP contribution in [-0.2, 0) is 22.4 Å². The fourth-order valence-electron chi connectivity index (χ4n) is 5.89. The maximum Gasteiger partial charge on any atom is 0.278 e. The summed E-state index contributed by atoms with van der Waals surface area (Å²) in [6, 6.07) is 7.89.